The van der Waals surface area contributed by atoms with Gasteiger partial charge in [0.15, 0.2) is 0 Å². The monoisotopic (exact) mass is 279 g/mol. The Labute approximate surface area is 98.7 Å². The molecule has 1 aliphatic carbocycles. The Kier molecular flexibility index (Phi) is 5.94. The quantitative estimate of drug-likeness (QED) is 0.801. The molecule has 0 aliphatic heterocycles. The van der Waals surface area contributed by atoms with Crippen molar-refractivity contribution in [2.75, 3.05) is 17.3 Å². The van der Waals surface area contributed by atoms with E-state index in [0.29, 0.717) is 17.7 Å². The molecule has 1 N–H and O–H groups in total. The van der Waals surface area contributed by atoms with Gasteiger partial charge < -0.3 is 5.32 Å². The largest absolute Gasteiger partial charge is 0.352 e. The number of hydrogen-bond acceptors (Lipinski definition) is 2. The second-order valence-corrected chi connectivity index (χ2v) is 5.32. The van der Waals surface area contributed by atoms with Crippen LogP contribution in [0.4, 0.5) is 0 Å². The van der Waals surface area contributed by atoms with E-state index in [1.807, 2.05) is 6.26 Å². The van der Waals surface area contributed by atoms with Crippen molar-refractivity contribution in [3.63, 3.8) is 0 Å². The summed E-state index contributed by atoms with van der Waals surface area (Å²) < 4.78 is 0. The maximum atomic E-state index is 11.4. The van der Waals surface area contributed by atoms with Gasteiger partial charge in [0.2, 0.25) is 5.91 Å². The molecular weight excluding hydrogens is 262 g/mol. The van der Waals surface area contributed by atoms with Gasteiger partial charge in [0.05, 0.1) is 5.75 Å². The van der Waals surface area contributed by atoms with Crippen molar-refractivity contribution < 1.29 is 4.79 Å². The third kappa shape index (κ3) is 3.81. The molecule has 82 valence electrons. The van der Waals surface area contributed by atoms with Crippen LogP contribution in [0.5, 0.6) is 0 Å². The van der Waals surface area contributed by atoms with Crippen LogP contribution in [-0.2, 0) is 4.79 Å². The highest BCUT2D eigenvalue weighted by atomic mass is 79.9. The molecule has 0 bridgehead atoms. The molecule has 1 amide bonds. The van der Waals surface area contributed by atoms with Gasteiger partial charge in [0.25, 0.3) is 0 Å². The zero-order valence-corrected chi connectivity index (χ0v) is 11.0. The second kappa shape index (κ2) is 6.72. The van der Waals surface area contributed by atoms with Crippen molar-refractivity contribution >= 4 is 33.6 Å². The molecule has 14 heavy (non-hydrogen) atoms. The number of rotatable bonds is 4. The molecule has 0 aromatic rings. The lowest BCUT2D eigenvalue weighted by Crippen LogP contribution is -2.43. The predicted molar refractivity (Wildman–Crippen MR) is 66.1 cm³/mol. The third-order valence-electron chi connectivity index (χ3n) is 2.73. The topological polar surface area (TPSA) is 29.1 Å². The molecular formula is C10H18BrNOS. The van der Waals surface area contributed by atoms with E-state index in [0.717, 1.165) is 11.8 Å². The molecule has 0 aromatic heterocycles. The lowest BCUT2D eigenvalue weighted by Gasteiger charge is -2.30. The summed E-state index contributed by atoms with van der Waals surface area (Å²) in [6.07, 6.45) is 6.92. The number of alkyl halides is 1. The molecule has 0 saturated heterocycles. The van der Waals surface area contributed by atoms with Crippen molar-refractivity contribution in [1.29, 1.82) is 0 Å². The molecule has 2 unspecified atom stereocenters. The molecule has 0 radical (unpaired) electrons. The summed E-state index contributed by atoms with van der Waals surface area (Å²) in [6.45, 7) is 0. The zero-order chi connectivity index (χ0) is 10.4. The minimum absolute atomic E-state index is 0.190. The van der Waals surface area contributed by atoms with Crippen LogP contribution in [-0.4, -0.2) is 29.3 Å². The lowest BCUT2D eigenvalue weighted by atomic mass is 9.86. The van der Waals surface area contributed by atoms with Crippen LogP contribution >= 0.6 is 27.7 Å². The van der Waals surface area contributed by atoms with Gasteiger partial charge >= 0.3 is 0 Å². The van der Waals surface area contributed by atoms with Gasteiger partial charge in [-0.3, -0.25) is 4.79 Å². The van der Waals surface area contributed by atoms with Gasteiger partial charge in [-0.15, -0.1) is 0 Å². The number of thioether (sulfide) groups is 1. The van der Waals surface area contributed by atoms with Crippen molar-refractivity contribution in [2.24, 2.45) is 5.92 Å². The Hall–Kier alpha value is 0.300. The van der Waals surface area contributed by atoms with Gasteiger partial charge in [-0.05, 0) is 25.0 Å². The second-order valence-electron chi connectivity index (χ2n) is 3.81. The van der Waals surface area contributed by atoms with Crippen molar-refractivity contribution in [3.8, 4) is 0 Å². The highest BCUT2D eigenvalue weighted by molar-refractivity contribution is 9.09. The number of halogens is 1. The first-order chi connectivity index (χ1) is 6.77. The van der Waals surface area contributed by atoms with Crippen molar-refractivity contribution in [2.45, 2.75) is 31.7 Å². The highest BCUT2D eigenvalue weighted by Crippen LogP contribution is 2.25. The number of hydrogen-bond donors (Lipinski definition) is 1. The lowest BCUT2D eigenvalue weighted by molar-refractivity contribution is -0.119. The molecule has 1 fully saturated rings. The zero-order valence-electron chi connectivity index (χ0n) is 8.59. The van der Waals surface area contributed by atoms with Crippen molar-refractivity contribution in [3.05, 3.63) is 0 Å². The number of carbonyl (C=O) groups is 1. The van der Waals surface area contributed by atoms with Crippen LogP contribution in [0.15, 0.2) is 0 Å². The minimum Gasteiger partial charge on any atom is -0.352 e. The van der Waals surface area contributed by atoms with E-state index in [4.69, 9.17) is 0 Å². The minimum atomic E-state index is 0.190. The Bertz CT molecular complexity index is 189. The average Bonchev–Trinajstić information content (AvgIpc) is 2.19. The molecule has 4 heteroatoms. The Morgan fingerprint density at radius 1 is 1.50 bits per heavy atom. The first-order valence-corrected chi connectivity index (χ1v) is 7.63. The summed E-state index contributed by atoms with van der Waals surface area (Å²) in [5.41, 5.74) is 0. The molecule has 2 atom stereocenters. The number of carbonyl (C=O) groups excluding carboxylic acids is 1. The summed E-state index contributed by atoms with van der Waals surface area (Å²) in [6, 6.07) is 0.405. The highest BCUT2D eigenvalue weighted by Gasteiger charge is 2.25. The number of nitrogens with one attached hydrogen (secondary N) is 1. The Balaban J connectivity index is 2.36. The Morgan fingerprint density at radius 2 is 2.21 bits per heavy atom. The first kappa shape index (κ1) is 12.4. The predicted octanol–water partition coefficient (Wildman–Crippen LogP) is 2.42. The van der Waals surface area contributed by atoms with Gasteiger partial charge in [-0.25, -0.2) is 0 Å². The maximum absolute atomic E-state index is 11.4. The van der Waals surface area contributed by atoms with Crippen LogP contribution in [0, 0.1) is 5.92 Å². The maximum Gasteiger partial charge on any atom is 0.230 e. The van der Waals surface area contributed by atoms with E-state index in [2.05, 4.69) is 21.2 Å². The van der Waals surface area contributed by atoms with E-state index in [1.54, 1.807) is 11.8 Å². The van der Waals surface area contributed by atoms with Crippen LogP contribution < -0.4 is 5.32 Å². The fraction of sp³-hybridized carbons (Fsp3) is 0.900. The van der Waals surface area contributed by atoms with Crippen LogP contribution in [0.3, 0.4) is 0 Å². The van der Waals surface area contributed by atoms with E-state index >= 15 is 0 Å². The Morgan fingerprint density at radius 3 is 2.86 bits per heavy atom. The smallest absolute Gasteiger partial charge is 0.230 e. The molecule has 1 saturated carbocycles. The molecule has 1 rings (SSSR count). The summed E-state index contributed by atoms with van der Waals surface area (Å²) >= 11 is 5.11. The SMILES string of the molecule is CSCC(=O)NC1CCCCC1CBr. The molecule has 1 aliphatic rings. The van der Waals surface area contributed by atoms with E-state index in [-0.39, 0.29) is 5.91 Å². The summed E-state index contributed by atoms with van der Waals surface area (Å²) in [7, 11) is 0. The van der Waals surface area contributed by atoms with Gasteiger partial charge in [0.1, 0.15) is 0 Å². The van der Waals surface area contributed by atoms with Crippen molar-refractivity contribution in [1.82, 2.24) is 5.32 Å². The summed E-state index contributed by atoms with van der Waals surface area (Å²) in [5, 5.41) is 4.14. The van der Waals surface area contributed by atoms with Crippen LogP contribution in [0.2, 0.25) is 0 Å². The standard InChI is InChI=1S/C10H18BrNOS/c1-14-7-10(13)12-9-5-3-2-4-8(9)6-11/h8-9H,2-7H2,1H3,(H,12,13). The normalized spacial score (nSPS) is 27.3. The van der Waals surface area contributed by atoms with Gasteiger partial charge in [0, 0.05) is 11.4 Å². The van der Waals surface area contributed by atoms with E-state index < -0.39 is 0 Å². The van der Waals surface area contributed by atoms with E-state index in [1.165, 1.54) is 19.3 Å². The third-order valence-corrected chi connectivity index (χ3v) is 4.11. The summed E-state index contributed by atoms with van der Waals surface area (Å²) in [5.74, 6) is 1.41. The van der Waals surface area contributed by atoms with Crippen LogP contribution in [0.1, 0.15) is 25.7 Å². The molecule has 2 nitrogen and oxygen atoms in total. The fourth-order valence-electron chi connectivity index (χ4n) is 1.96. The summed E-state index contributed by atoms with van der Waals surface area (Å²) in [4.78, 5) is 11.4. The first-order valence-electron chi connectivity index (χ1n) is 5.12. The molecule has 0 aromatic carbocycles. The van der Waals surface area contributed by atoms with Gasteiger partial charge in [-0.1, -0.05) is 28.8 Å². The number of amides is 1. The van der Waals surface area contributed by atoms with Crippen LogP contribution in [0.25, 0.3) is 0 Å². The molecule has 0 heterocycles. The fourth-order valence-corrected chi connectivity index (χ4v) is 3.08. The average molecular weight is 280 g/mol. The van der Waals surface area contributed by atoms with Gasteiger partial charge in [-0.2, -0.15) is 11.8 Å². The van der Waals surface area contributed by atoms with E-state index in [9.17, 15) is 4.79 Å². The molecule has 0 spiro atoms.